The number of carbonyl (C=O) groups is 1. The molecule has 1 aromatic rings. The van der Waals surface area contributed by atoms with Crippen molar-refractivity contribution in [3.05, 3.63) is 47.7 Å². The van der Waals surface area contributed by atoms with E-state index in [1.807, 2.05) is 13.1 Å². The number of esters is 1. The van der Waals surface area contributed by atoms with Crippen molar-refractivity contribution in [3.63, 3.8) is 0 Å². The highest BCUT2D eigenvalue weighted by Crippen LogP contribution is 2.38. The van der Waals surface area contributed by atoms with Crippen molar-refractivity contribution in [3.8, 4) is 0 Å². The van der Waals surface area contributed by atoms with Crippen LogP contribution in [0.3, 0.4) is 0 Å². The van der Waals surface area contributed by atoms with Gasteiger partial charge in [0.25, 0.3) is 0 Å². The van der Waals surface area contributed by atoms with Crippen molar-refractivity contribution in [1.29, 1.82) is 0 Å². The molecule has 5 nitrogen and oxygen atoms in total. The molecule has 27 heavy (non-hydrogen) atoms. The van der Waals surface area contributed by atoms with E-state index in [4.69, 9.17) is 9.57 Å². The van der Waals surface area contributed by atoms with Crippen LogP contribution in [0, 0.1) is 5.92 Å². The molecule has 3 rings (SSSR count). The van der Waals surface area contributed by atoms with E-state index >= 15 is 0 Å². The quantitative estimate of drug-likeness (QED) is 0.429. The van der Waals surface area contributed by atoms with Crippen molar-refractivity contribution in [2.24, 2.45) is 5.92 Å². The average molecular weight is 373 g/mol. The summed E-state index contributed by atoms with van der Waals surface area (Å²) in [7, 11) is 0. The predicted octanol–water partition coefficient (Wildman–Crippen LogP) is 3.63. The number of ether oxygens (including phenoxy) is 1. The minimum Gasteiger partial charge on any atom is -0.466 e. The summed E-state index contributed by atoms with van der Waals surface area (Å²) in [5.41, 5.74) is 5.85. The van der Waals surface area contributed by atoms with Gasteiger partial charge in [0.15, 0.2) is 0 Å². The van der Waals surface area contributed by atoms with Gasteiger partial charge >= 0.3 is 5.97 Å². The second kappa shape index (κ2) is 10.5. The first-order valence-electron chi connectivity index (χ1n) is 10.3. The second-order valence-electron chi connectivity index (χ2n) is 7.43. The monoisotopic (exact) mass is 372 g/mol. The molecular weight excluding hydrogens is 340 g/mol. The molecule has 2 aliphatic rings. The first-order valence-corrected chi connectivity index (χ1v) is 10.3. The molecule has 1 aromatic carbocycles. The summed E-state index contributed by atoms with van der Waals surface area (Å²) in [6.07, 6.45) is 7.59. The van der Waals surface area contributed by atoms with Gasteiger partial charge in [-0.25, -0.2) is 0 Å². The Morgan fingerprint density at radius 3 is 2.93 bits per heavy atom. The molecule has 1 heterocycles. The molecule has 1 aliphatic heterocycles. The van der Waals surface area contributed by atoms with Crippen molar-refractivity contribution in [2.75, 3.05) is 32.8 Å². The normalized spacial score (nSPS) is 24.9. The summed E-state index contributed by atoms with van der Waals surface area (Å²) in [5, 5.41) is 0. The van der Waals surface area contributed by atoms with Gasteiger partial charge in [-0.05, 0) is 56.7 Å². The van der Waals surface area contributed by atoms with Gasteiger partial charge in [-0.2, -0.15) is 0 Å². The highest BCUT2D eigenvalue weighted by molar-refractivity contribution is 5.72. The molecular formula is C22H32N2O3. The Hall–Kier alpha value is -1.85. The van der Waals surface area contributed by atoms with E-state index in [-0.39, 0.29) is 11.9 Å². The zero-order valence-electron chi connectivity index (χ0n) is 16.4. The van der Waals surface area contributed by atoms with E-state index in [9.17, 15) is 4.79 Å². The number of nitrogens with zero attached hydrogens (tertiary/aromatic N) is 1. The number of carbonyl (C=O) groups excluding carboxylic acids is 1. The van der Waals surface area contributed by atoms with E-state index in [1.165, 1.54) is 24.0 Å². The summed E-state index contributed by atoms with van der Waals surface area (Å²) in [6, 6.07) is 10.7. The minimum absolute atomic E-state index is 0.0129. The molecule has 2 fully saturated rings. The molecule has 1 N–H and O–H groups in total. The summed E-state index contributed by atoms with van der Waals surface area (Å²) in [4.78, 5) is 19.8. The largest absolute Gasteiger partial charge is 0.466 e. The molecule has 0 spiro atoms. The third-order valence-electron chi connectivity index (χ3n) is 5.57. The van der Waals surface area contributed by atoms with Crippen LogP contribution in [0.4, 0.5) is 0 Å². The Morgan fingerprint density at radius 1 is 1.26 bits per heavy atom. The predicted molar refractivity (Wildman–Crippen MR) is 106 cm³/mol. The number of likely N-dealkylation sites (tertiary alicyclic amines) is 1. The van der Waals surface area contributed by atoms with Crippen LogP contribution < -0.4 is 5.48 Å². The lowest BCUT2D eigenvalue weighted by atomic mass is 9.94. The first-order chi connectivity index (χ1) is 13.3. The van der Waals surface area contributed by atoms with E-state index < -0.39 is 0 Å². The van der Waals surface area contributed by atoms with Crippen LogP contribution in [0.2, 0.25) is 0 Å². The number of benzene rings is 1. The van der Waals surface area contributed by atoms with Gasteiger partial charge in [0.1, 0.15) is 0 Å². The molecule has 0 amide bonds. The van der Waals surface area contributed by atoms with E-state index in [0.717, 1.165) is 38.9 Å². The van der Waals surface area contributed by atoms with Crippen LogP contribution in [0.1, 0.15) is 50.5 Å². The maximum absolute atomic E-state index is 11.9. The van der Waals surface area contributed by atoms with Crippen LogP contribution in [0.15, 0.2) is 42.1 Å². The topological polar surface area (TPSA) is 50.8 Å². The lowest BCUT2D eigenvalue weighted by molar-refractivity contribution is -0.150. The molecule has 5 heteroatoms. The van der Waals surface area contributed by atoms with Crippen molar-refractivity contribution >= 4 is 5.97 Å². The molecule has 1 unspecified atom stereocenters. The Morgan fingerprint density at radius 2 is 2.11 bits per heavy atom. The minimum atomic E-state index is -0.0563. The zero-order valence-corrected chi connectivity index (χ0v) is 16.4. The van der Waals surface area contributed by atoms with Crippen molar-refractivity contribution < 1.29 is 14.4 Å². The number of hydroxylamine groups is 1. The maximum atomic E-state index is 11.9. The lowest BCUT2D eigenvalue weighted by Crippen LogP contribution is -2.41. The van der Waals surface area contributed by atoms with Gasteiger partial charge in [0, 0.05) is 25.2 Å². The SMILES string of the molecule is CCOC(=O)[C@@H]1CCCN(CCONC=C2CCCC2c2ccccc2)C1. The fourth-order valence-corrected chi connectivity index (χ4v) is 4.17. The zero-order chi connectivity index (χ0) is 18.9. The van der Waals surface area contributed by atoms with Gasteiger partial charge in [-0.1, -0.05) is 30.3 Å². The van der Waals surface area contributed by atoms with E-state index in [1.54, 1.807) is 0 Å². The molecule has 1 saturated carbocycles. The Balaban J connectivity index is 1.38. The lowest BCUT2D eigenvalue weighted by Gasteiger charge is -2.31. The molecule has 1 aliphatic carbocycles. The maximum Gasteiger partial charge on any atom is 0.310 e. The standard InChI is InChI=1S/C22H32N2O3/c1-2-26-22(25)20-11-7-13-24(17-20)14-15-27-23-16-19-10-6-12-21(19)18-8-4-3-5-9-18/h3-5,8-9,16,20-21,23H,2,6-7,10-15,17H2,1H3/t20-,21?/m1/s1. The van der Waals surface area contributed by atoms with Gasteiger partial charge in [-0.3, -0.25) is 15.1 Å². The molecule has 0 radical (unpaired) electrons. The van der Waals surface area contributed by atoms with Crippen LogP contribution in [-0.2, 0) is 14.4 Å². The van der Waals surface area contributed by atoms with Crippen molar-refractivity contribution in [2.45, 2.75) is 44.9 Å². The fourth-order valence-electron chi connectivity index (χ4n) is 4.17. The van der Waals surface area contributed by atoms with Gasteiger partial charge in [-0.15, -0.1) is 0 Å². The summed E-state index contributed by atoms with van der Waals surface area (Å²) in [6.45, 7) is 5.56. The highest BCUT2D eigenvalue weighted by atomic mass is 16.6. The molecule has 2 atom stereocenters. The van der Waals surface area contributed by atoms with Crippen LogP contribution in [-0.4, -0.2) is 43.7 Å². The smallest absolute Gasteiger partial charge is 0.310 e. The highest BCUT2D eigenvalue weighted by Gasteiger charge is 2.26. The Kier molecular flexibility index (Phi) is 7.72. The number of nitrogens with one attached hydrogen (secondary N) is 1. The molecule has 0 aromatic heterocycles. The number of piperidine rings is 1. The van der Waals surface area contributed by atoms with Gasteiger partial charge < -0.3 is 9.64 Å². The number of hydrogen-bond donors (Lipinski definition) is 1. The number of rotatable bonds is 8. The van der Waals surface area contributed by atoms with Gasteiger partial charge in [0.2, 0.25) is 0 Å². The van der Waals surface area contributed by atoms with E-state index in [0.29, 0.717) is 19.1 Å². The summed E-state index contributed by atoms with van der Waals surface area (Å²) >= 11 is 0. The Labute approximate surface area is 162 Å². The third kappa shape index (κ3) is 5.81. The van der Waals surface area contributed by atoms with Crippen LogP contribution >= 0.6 is 0 Å². The fraction of sp³-hybridized carbons (Fsp3) is 0.591. The molecule has 148 valence electrons. The second-order valence-corrected chi connectivity index (χ2v) is 7.43. The van der Waals surface area contributed by atoms with Crippen LogP contribution in [0.5, 0.6) is 0 Å². The van der Waals surface area contributed by atoms with E-state index in [2.05, 4.69) is 40.7 Å². The summed E-state index contributed by atoms with van der Waals surface area (Å²) < 4.78 is 5.16. The number of hydrogen-bond acceptors (Lipinski definition) is 5. The first kappa shape index (κ1) is 19.9. The Bertz CT molecular complexity index is 617. The number of allylic oxidation sites excluding steroid dienone is 1. The average Bonchev–Trinajstić information content (AvgIpc) is 3.17. The van der Waals surface area contributed by atoms with Crippen molar-refractivity contribution in [1.82, 2.24) is 10.4 Å². The van der Waals surface area contributed by atoms with Crippen LogP contribution in [0.25, 0.3) is 0 Å². The molecule has 1 saturated heterocycles. The van der Waals surface area contributed by atoms with Gasteiger partial charge in [0.05, 0.1) is 19.1 Å². The summed E-state index contributed by atoms with van der Waals surface area (Å²) in [5.74, 6) is 0.466. The third-order valence-corrected chi connectivity index (χ3v) is 5.57. The molecule has 0 bridgehead atoms.